The highest BCUT2D eigenvalue weighted by atomic mass is 32.2. The molecule has 2 aromatic rings. The van der Waals surface area contributed by atoms with Gasteiger partial charge in [0.15, 0.2) is 0 Å². The van der Waals surface area contributed by atoms with Gasteiger partial charge in [0.2, 0.25) is 15.9 Å². The van der Waals surface area contributed by atoms with E-state index in [1.54, 1.807) is 24.7 Å². The van der Waals surface area contributed by atoms with Crippen LogP contribution in [-0.2, 0) is 21.4 Å². The number of aromatic nitrogens is 2. The number of benzene rings is 1. The first-order chi connectivity index (χ1) is 11.9. The van der Waals surface area contributed by atoms with E-state index < -0.39 is 10.0 Å². The van der Waals surface area contributed by atoms with Gasteiger partial charge in [-0.2, -0.15) is 0 Å². The van der Waals surface area contributed by atoms with Crippen molar-refractivity contribution in [2.45, 2.75) is 26.3 Å². The molecule has 7 nitrogen and oxygen atoms in total. The molecule has 0 saturated carbocycles. The third kappa shape index (κ3) is 5.90. The Bertz CT molecular complexity index is 788. The molecule has 0 spiro atoms. The van der Waals surface area contributed by atoms with E-state index in [9.17, 15) is 13.2 Å². The second-order valence-corrected chi connectivity index (χ2v) is 7.82. The maximum absolute atomic E-state index is 12.1. The SMILES string of the molecule is Cc1ccccc1N(CC(=O)NCCCCn1ccnc1)S(C)(=O)=O. The first-order valence-corrected chi connectivity index (χ1v) is 9.98. The van der Waals surface area contributed by atoms with Crippen molar-refractivity contribution in [2.24, 2.45) is 0 Å². The van der Waals surface area contributed by atoms with Crippen molar-refractivity contribution in [3.8, 4) is 0 Å². The number of rotatable bonds is 9. The number of nitrogens with one attached hydrogen (secondary N) is 1. The summed E-state index contributed by atoms with van der Waals surface area (Å²) in [7, 11) is -3.54. The highest BCUT2D eigenvalue weighted by Crippen LogP contribution is 2.21. The van der Waals surface area contributed by atoms with Gasteiger partial charge in [-0.25, -0.2) is 13.4 Å². The largest absolute Gasteiger partial charge is 0.355 e. The molecule has 8 heteroatoms. The number of carbonyl (C=O) groups is 1. The van der Waals surface area contributed by atoms with Crippen molar-refractivity contribution in [1.82, 2.24) is 14.9 Å². The van der Waals surface area contributed by atoms with Gasteiger partial charge in [-0.1, -0.05) is 18.2 Å². The van der Waals surface area contributed by atoms with E-state index in [0.29, 0.717) is 12.2 Å². The molecule has 2 rings (SSSR count). The fourth-order valence-corrected chi connectivity index (χ4v) is 3.39. The minimum absolute atomic E-state index is 0.217. The quantitative estimate of drug-likeness (QED) is 0.684. The normalized spacial score (nSPS) is 11.3. The minimum atomic E-state index is -3.54. The van der Waals surface area contributed by atoms with Crippen LogP contribution in [0.15, 0.2) is 43.0 Å². The predicted octanol–water partition coefficient (Wildman–Crippen LogP) is 1.55. The Balaban J connectivity index is 1.84. The molecule has 1 aromatic heterocycles. The smallest absolute Gasteiger partial charge is 0.240 e. The Kier molecular flexibility index (Phi) is 6.58. The number of aryl methyl sites for hydroxylation is 2. The molecule has 0 aliphatic rings. The molecular formula is C17H24N4O3S. The zero-order chi connectivity index (χ0) is 18.3. The summed E-state index contributed by atoms with van der Waals surface area (Å²) < 4.78 is 27.2. The van der Waals surface area contributed by atoms with Gasteiger partial charge in [-0.15, -0.1) is 0 Å². The number of anilines is 1. The molecule has 1 N–H and O–H groups in total. The van der Waals surface area contributed by atoms with Crippen molar-refractivity contribution in [1.29, 1.82) is 0 Å². The fraction of sp³-hybridized carbons (Fsp3) is 0.412. The van der Waals surface area contributed by atoms with E-state index in [1.165, 1.54) is 0 Å². The van der Waals surface area contributed by atoms with E-state index in [2.05, 4.69) is 10.3 Å². The zero-order valence-corrected chi connectivity index (χ0v) is 15.4. The van der Waals surface area contributed by atoms with E-state index in [0.717, 1.165) is 35.5 Å². The average Bonchev–Trinajstić information content (AvgIpc) is 3.05. The first kappa shape index (κ1) is 19.0. The topological polar surface area (TPSA) is 84.3 Å². The van der Waals surface area contributed by atoms with Gasteiger partial charge < -0.3 is 9.88 Å². The highest BCUT2D eigenvalue weighted by molar-refractivity contribution is 7.92. The van der Waals surface area contributed by atoms with Gasteiger partial charge in [-0.3, -0.25) is 9.10 Å². The summed E-state index contributed by atoms with van der Waals surface area (Å²) in [6, 6.07) is 7.12. The summed E-state index contributed by atoms with van der Waals surface area (Å²) in [5, 5.41) is 2.78. The van der Waals surface area contributed by atoms with E-state index in [4.69, 9.17) is 0 Å². The molecule has 1 amide bonds. The van der Waals surface area contributed by atoms with Crippen LogP contribution in [-0.4, -0.2) is 43.2 Å². The predicted molar refractivity (Wildman–Crippen MR) is 97.8 cm³/mol. The van der Waals surface area contributed by atoms with Crippen LogP contribution >= 0.6 is 0 Å². The van der Waals surface area contributed by atoms with Gasteiger partial charge >= 0.3 is 0 Å². The lowest BCUT2D eigenvalue weighted by atomic mass is 10.2. The van der Waals surface area contributed by atoms with Crippen LogP contribution in [0.5, 0.6) is 0 Å². The van der Waals surface area contributed by atoms with Crippen LogP contribution in [0.1, 0.15) is 18.4 Å². The zero-order valence-electron chi connectivity index (χ0n) is 14.6. The van der Waals surface area contributed by atoms with Crippen LogP contribution < -0.4 is 9.62 Å². The maximum atomic E-state index is 12.1. The molecule has 0 aliphatic heterocycles. The number of hydrogen-bond acceptors (Lipinski definition) is 4. The summed E-state index contributed by atoms with van der Waals surface area (Å²) in [6.07, 6.45) is 8.21. The van der Waals surface area contributed by atoms with Crippen LogP contribution in [0.2, 0.25) is 0 Å². The molecular weight excluding hydrogens is 340 g/mol. The second-order valence-electron chi connectivity index (χ2n) is 5.91. The summed E-state index contributed by atoms with van der Waals surface area (Å²) in [5.41, 5.74) is 1.33. The molecule has 1 heterocycles. The molecule has 1 aromatic carbocycles. The number of sulfonamides is 1. The summed E-state index contributed by atoms with van der Waals surface area (Å²) in [6.45, 7) is 2.96. The standard InChI is InChI=1S/C17H24N4O3S/c1-15-7-3-4-8-16(15)21(25(2,23)24)13-17(22)19-9-5-6-11-20-12-10-18-14-20/h3-4,7-8,10,12,14H,5-6,9,11,13H2,1-2H3,(H,19,22). The Morgan fingerprint density at radius 3 is 2.68 bits per heavy atom. The fourth-order valence-electron chi connectivity index (χ4n) is 2.48. The monoisotopic (exact) mass is 364 g/mol. The van der Waals surface area contributed by atoms with Gasteiger partial charge in [0.05, 0.1) is 18.3 Å². The molecule has 25 heavy (non-hydrogen) atoms. The Morgan fingerprint density at radius 2 is 2.04 bits per heavy atom. The van der Waals surface area contributed by atoms with Crippen LogP contribution in [0.3, 0.4) is 0 Å². The van der Waals surface area contributed by atoms with E-state index in [-0.39, 0.29) is 12.5 Å². The van der Waals surface area contributed by atoms with Crippen LogP contribution in [0.4, 0.5) is 5.69 Å². The third-order valence-electron chi connectivity index (χ3n) is 3.80. The second kappa shape index (κ2) is 8.66. The number of amides is 1. The molecule has 0 saturated heterocycles. The van der Waals surface area contributed by atoms with Gasteiger partial charge in [0.1, 0.15) is 6.54 Å². The number of hydrogen-bond donors (Lipinski definition) is 1. The number of para-hydroxylation sites is 1. The molecule has 0 atom stereocenters. The lowest BCUT2D eigenvalue weighted by molar-refractivity contribution is -0.119. The average molecular weight is 364 g/mol. The van der Waals surface area contributed by atoms with Crippen LogP contribution in [0, 0.1) is 6.92 Å². The number of nitrogens with zero attached hydrogens (tertiary/aromatic N) is 3. The Labute approximate surface area is 148 Å². The number of carbonyl (C=O) groups excluding carboxylic acids is 1. The number of unbranched alkanes of at least 4 members (excludes halogenated alkanes) is 1. The van der Waals surface area contributed by atoms with Crippen molar-refractivity contribution in [3.05, 3.63) is 48.5 Å². The third-order valence-corrected chi connectivity index (χ3v) is 4.92. The molecule has 0 unspecified atom stereocenters. The number of imidazole rings is 1. The van der Waals surface area contributed by atoms with Crippen LogP contribution in [0.25, 0.3) is 0 Å². The minimum Gasteiger partial charge on any atom is -0.355 e. The molecule has 0 radical (unpaired) electrons. The van der Waals surface area contributed by atoms with Crippen molar-refractivity contribution >= 4 is 21.6 Å². The molecule has 0 aliphatic carbocycles. The van der Waals surface area contributed by atoms with Crippen molar-refractivity contribution in [3.63, 3.8) is 0 Å². The molecule has 0 fully saturated rings. The summed E-state index contributed by atoms with van der Waals surface area (Å²) in [5.74, 6) is -0.309. The summed E-state index contributed by atoms with van der Waals surface area (Å²) in [4.78, 5) is 16.1. The molecule has 0 bridgehead atoms. The van der Waals surface area contributed by atoms with Gasteiger partial charge in [-0.05, 0) is 31.4 Å². The summed E-state index contributed by atoms with van der Waals surface area (Å²) >= 11 is 0. The lowest BCUT2D eigenvalue weighted by Gasteiger charge is -2.23. The molecule has 136 valence electrons. The van der Waals surface area contributed by atoms with E-state index >= 15 is 0 Å². The Hall–Kier alpha value is -2.35. The maximum Gasteiger partial charge on any atom is 0.240 e. The first-order valence-electron chi connectivity index (χ1n) is 8.13. The Morgan fingerprint density at radius 1 is 1.28 bits per heavy atom. The van der Waals surface area contributed by atoms with E-state index in [1.807, 2.05) is 29.8 Å². The van der Waals surface area contributed by atoms with Crippen molar-refractivity contribution < 1.29 is 13.2 Å². The highest BCUT2D eigenvalue weighted by Gasteiger charge is 2.21. The van der Waals surface area contributed by atoms with Gasteiger partial charge in [0.25, 0.3) is 0 Å². The van der Waals surface area contributed by atoms with Crippen molar-refractivity contribution in [2.75, 3.05) is 23.7 Å². The lowest BCUT2D eigenvalue weighted by Crippen LogP contribution is -2.41. The van der Waals surface area contributed by atoms with Gasteiger partial charge in [0, 0.05) is 25.5 Å².